The molecule has 0 bridgehead atoms. The third-order valence-corrected chi connectivity index (χ3v) is 5.65. The summed E-state index contributed by atoms with van der Waals surface area (Å²) in [6, 6.07) is -3.39. The van der Waals surface area contributed by atoms with Crippen LogP contribution in [-0.2, 0) is 14.4 Å². The maximum atomic E-state index is 12.0. The van der Waals surface area contributed by atoms with Crippen molar-refractivity contribution in [3.63, 3.8) is 0 Å². The van der Waals surface area contributed by atoms with Crippen LogP contribution in [0.25, 0.3) is 0 Å². The summed E-state index contributed by atoms with van der Waals surface area (Å²) in [5, 5.41) is 31.6. The Morgan fingerprint density at radius 2 is 1.32 bits per heavy atom. The Kier molecular flexibility index (Phi) is 12.4. The van der Waals surface area contributed by atoms with E-state index in [1.165, 1.54) is 0 Å². The molecule has 0 heterocycles. The molecule has 3 atom stereocenters. The van der Waals surface area contributed by atoms with Crippen LogP contribution in [0.4, 0.5) is 0 Å². The van der Waals surface area contributed by atoms with Gasteiger partial charge in [0.15, 0.2) is 12.1 Å². The molecule has 0 aromatic heterocycles. The van der Waals surface area contributed by atoms with Gasteiger partial charge in [0.05, 0.1) is 12.5 Å². The molecule has 162 valence electrons. The zero-order chi connectivity index (χ0) is 21.7. The molecule has 0 aromatic rings. The van der Waals surface area contributed by atoms with Crippen molar-refractivity contribution in [1.29, 1.82) is 0 Å². The average Bonchev–Trinajstić information content (AvgIpc) is 2.61. The summed E-state index contributed by atoms with van der Waals surface area (Å²) in [5.41, 5.74) is 0. The van der Waals surface area contributed by atoms with Gasteiger partial charge in [0.1, 0.15) is 6.04 Å². The van der Waals surface area contributed by atoms with E-state index in [4.69, 9.17) is 0 Å². The highest BCUT2D eigenvalue weighted by molar-refractivity contribution is 5.77. The van der Waals surface area contributed by atoms with Gasteiger partial charge in [-0.05, 0) is 32.6 Å². The van der Waals surface area contributed by atoms with E-state index in [1.54, 1.807) is 20.8 Å². The van der Waals surface area contributed by atoms with Crippen molar-refractivity contribution in [3.8, 4) is 0 Å². The normalized spacial score (nSPS) is 17.0. The Morgan fingerprint density at radius 1 is 0.857 bits per heavy atom. The third kappa shape index (κ3) is 6.62. The molecule has 0 saturated heterocycles. The second kappa shape index (κ2) is 13.3. The first-order valence-electron chi connectivity index (χ1n) is 10.4. The van der Waals surface area contributed by atoms with Crippen LogP contribution in [0, 0.1) is 0 Å². The molecule has 0 aliphatic rings. The van der Waals surface area contributed by atoms with Crippen LogP contribution < -0.4 is 5.11 Å². The van der Waals surface area contributed by atoms with Gasteiger partial charge in [-0.15, -0.1) is 0 Å². The van der Waals surface area contributed by atoms with Gasteiger partial charge in [-0.2, -0.15) is 0 Å². The fraction of sp³-hybridized carbons (Fsp3) is 0.762. The van der Waals surface area contributed by atoms with Gasteiger partial charge in [0.25, 0.3) is 0 Å². The summed E-state index contributed by atoms with van der Waals surface area (Å²) >= 11 is 0. The van der Waals surface area contributed by atoms with Gasteiger partial charge < -0.3 is 20.1 Å². The van der Waals surface area contributed by atoms with Crippen LogP contribution in [0.2, 0.25) is 0 Å². The number of allylic oxidation sites excluding steroid dienone is 2. The predicted octanol–water partition coefficient (Wildman–Crippen LogP) is 2.58. The van der Waals surface area contributed by atoms with Crippen LogP contribution in [0.15, 0.2) is 12.2 Å². The predicted molar refractivity (Wildman–Crippen MR) is 106 cm³/mol. The van der Waals surface area contributed by atoms with Gasteiger partial charge in [-0.25, -0.2) is 9.59 Å². The first kappa shape index (κ1) is 26.1. The van der Waals surface area contributed by atoms with Crippen LogP contribution in [0.3, 0.4) is 0 Å². The molecular formula is C21H37NO6. The van der Waals surface area contributed by atoms with E-state index in [9.17, 15) is 29.7 Å². The van der Waals surface area contributed by atoms with Gasteiger partial charge in [0.2, 0.25) is 0 Å². The summed E-state index contributed by atoms with van der Waals surface area (Å²) in [6.07, 6.45) is 8.77. The number of aliphatic carboxylic acids is 3. The Bertz CT molecular complexity index is 476. The van der Waals surface area contributed by atoms with Crippen molar-refractivity contribution in [2.45, 2.75) is 97.2 Å². The number of unbranched alkanes of at least 4 members (excludes halogenated alkanes) is 4. The Balaban J connectivity index is 5.93. The standard InChI is InChI=1S/C21H37NO6/c1-5-9-10-11-12-13-14-15-22(16(6-2)19(23)24,17(7-3)20(25)26)18(8-4)21(27)28/h5,9,16-18H,6-8,10-15H2,1-4H3,(H2-,23,24,25,26,27,28)/b9-5+. The third-order valence-electron chi connectivity index (χ3n) is 5.65. The molecule has 0 spiro atoms. The molecule has 3 unspecified atom stereocenters. The SMILES string of the molecule is C/C=C/CCCCCC[N+](C(CC)C(=O)[O-])(C(CC)C(=O)O)C(CC)C(=O)O. The van der Waals surface area contributed by atoms with Gasteiger partial charge >= 0.3 is 11.9 Å². The van der Waals surface area contributed by atoms with Crippen molar-refractivity contribution in [2.24, 2.45) is 0 Å². The number of quaternary nitrogens is 1. The molecule has 7 nitrogen and oxygen atoms in total. The summed E-state index contributed by atoms with van der Waals surface area (Å²) in [7, 11) is 0. The fourth-order valence-corrected chi connectivity index (χ4v) is 4.43. The lowest BCUT2D eigenvalue weighted by Crippen LogP contribution is -2.73. The van der Waals surface area contributed by atoms with Crippen LogP contribution in [0.1, 0.15) is 79.1 Å². The minimum absolute atomic E-state index is 0.122. The van der Waals surface area contributed by atoms with E-state index < -0.39 is 40.5 Å². The number of carbonyl (C=O) groups is 3. The molecule has 0 saturated carbocycles. The second-order valence-electron chi connectivity index (χ2n) is 7.26. The topological polar surface area (TPSA) is 115 Å². The molecule has 0 amide bonds. The smallest absolute Gasteiger partial charge is 0.362 e. The van der Waals surface area contributed by atoms with Gasteiger partial charge in [-0.3, -0.25) is 4.48 Å². The van der Waals surface area contributed by atoms with E-state index in [2.05, 4.69) is 6.08 Å². The summed E-state index contributed by atoms with van der Waals surface area (Å²) in [5.74, 6) is -3.69. The summed E-state index contributed by atoms with van der Waals surface area (Å²) in [6.45, 7) is 7.14. The van der Waals surface area contributed by atoms with E-state index in [1.807, 2.05) is 13.0 Å². The highest BCUT2D eigenvalue weighted by atomic mass is 16.4. The number of rotatable bonds is 16. The molecule has 0 aliphatic carbocycles. The summed E-state index contributed by atoms with van der Waals surface area (Å²) in [4.78, 5) is 36.0. The van der Waals surface area contributed by atoms with Gasteiger partial charge in [0, 0.05) is 19.3 Å². The quantitative estimate of drug-likeness (QED) is 0.234. The van der Waals surface area contributed by atoms with Crippen molar-refractivity contribution in [1.82, 2.24) is 0 Å². The van der Waals surface area contributed by atoms with E-state index >= 15 is 0 Å². The van der Waals surface area contributed by atoms with Crippen molar-refractivity contribution in [3.05, 3.63) is 12.2 Å². The zero-order valence-electron chi connectivity index (χ0n) is 17.7. The number of carbonyl (C=O) groups excluding carboxylic acids is 1. The maximum Gasteiger partial charge on any atom is 0.362 e. The monoisotopic (exact) mass is 399 g/mol. The highest BCUT2D eigenvalue weighted by Gasteiger charge is 2.53. The molecule has 7 heteroatoms. The number of hydrogen-bond acceptors (Lipinski definition) is 4. The van der Waals surface area contributed by atoms with Crippen molar-refractivity contribution in [2.75, 3.05) is 6.54 Å². The lowest BCUT2D eigenvalue weighted by atomic mass is 9.94. The maximum absolute atomic E-state index is 12.0. The van der Waals surface area contributed by atoms with Crippen LogP contribution in [-0.4, -0.2) is 57.3 Å². The second-order valence-corrected chi connectivity index (χ2v) is 7.26. The molecule has 0 rings (SSSR count). The Labute approximate surface area is 168 Å². The number of carboxylic acid groups (broad SMARTS) is 3. The Hall–Kier alpha value is -1.89. The number of nitrogens with zero attached hydrogens (tertiary/aromatic N) is 1. The summed E-state index contributed by atoms with van der Waals surface area (Å²) < 4.78 is -0.481. The average molecular weight is 400 g/mol. The zero-order valence-corrected chi connectivity index (χ0v) is 17.7. The first-order valence-corrected chi connectivity index (χ1v) is 10.4. The minimum Gasteiger partial charge on any atom is -0.544 e. The molecule has 0 radical (unpaired) electrons. The van der Waals surface area contributed by atoms with E-state index in [0.717, 1.165) is 25.7 Å². The lowest BCUT2D eigenvalue weighted by Gasteiger charge is -2.51. The van der Waals surface area contributed by atoms with Crippen molar-refractivity contribution < 1.29 is 34.2 Å². The molecule has 0 aromatic carbocycles. The molecule has 28 heavy (non-hydrogen) atoms. The van der Waals surface area contributed by atoms with Gasteiger partial charge in [-0.1, -0.05) is 39.3 Å². The first-order chi connectivity index (χ1) is 13.2. The molecule has 2 N–H and O–H groups in total. The number of hydrogen-bond donors (Lipinski definition) is 2. The Morgan fingerprint density at radius 3 is 1.68 bits per heavy atom. The minimum atomic E-state index is -1.38. The van der Waals surface area contributed by atoms with Crippen molar-refractivity contribution >= 4 is 17.9 Å². The van der Waals surface area contributed by atoms with E-state index in [0.29, 0.717) is 6.42 Å². The molecular weight excluding hydrogens is 362 g/mol. The van der Waals surface area contributed by atoms with Crippen LogP contribution in [0.5, 0.6) is 0 Å². The molecule has 0 aliphatic heterocycles. The fourth-order valence-electron chi connectivity index (χ4n) is 4.43. The largest absolute Gasteiger partial charge is 0.544 e. The van der Waals surface area contributed by atoms with E-state index in [-0.39, 0.29) is 25.8 Å². The highest BCUT2D eigenvalue weighted by Crippen LogP contribution is 2.32. The van der Waals surface area contributed by atoms with Crippen LogP contribution >= 0.6 is 0 Å². The molecule has 0 fully saturated rings. The lowest BCUT2D eigenvalue weighted by molar-refractivity contribution is -0.974. The number of carboxylic acids is 3.